The van der Waals surface area contributed by atoms with Gasteiger partial charge in [0.2, 0.25) is 5.91 Å². The number of ether oxygens (including phenoxy) is 2. The van der Waals surface area contributed by atoms with Crippen LogP contribution < -0.4 is 5.32 Å². The minimum atomic E-state index is -0.493. The van der Waals surface area contributed by atoms with Crippen LogP contribution in [0.4, 0.5) is 4.79 Å². The fourth-order valence-electron chi connectivity index (χ4n) is 3.09. The first kappa shape index (κ1) is 19.0. The highest BCUT2D eigenvalue weighted by Gasteiger charge is 2.31. The molecule has 7 heteroatoms. The topological polar surface area (TPSA) is 71.1 Å². The van der Waals surface area contributed by atoms with Gasteiger partial charge in [0.05, 0.1) is 19.3 Å². The summed E-state index contributed by atoms with van der Waals surface area (Å²) in [5, 5.41) is 3.53. The van der Waals surface area contributed by atoms with Crippen molar-refractivity contribution in [3.05, 3.63) is 0 Å². The Hall–Kier alpha value is -1.34. The molecular weight excluding hydrogens is 310 g/mol. The van der Waals surface area contributed by atoms with Gasteiger partial charge in [-0.15, -0.1) is 0 Å². The van der Waals surface area contributed by atoms with Gasteiger partial charge in [0.25, 0.3) is 0 Å². The Labute approximate surface area is 144 Å². The van der Waals surface area contributed by atoms with Crippen molar-refractivity contribution in [3.63, 3.8) is 0 Å². The van der Waals surface area contributed by atoms with Gasteiger partial charge < -0.3 is 19.7 Å². The maximum absolute atomic E-state index is 12.4. The summed E-state index contributed by atoms with van der Waals surface area (Å²) in [6, 6.07) is 0.363. The molecule has 0 saturated carbocycles. The average molecular weight is 341 g/mol. The molecule has 2 heterocycles. The lowest BCUT2D eigenvalue weighted by atomic mass is 10.0. The minimum Gasteiger partial charge on any atom is -0.444 e. The Kier molecular flexibility index (Phi) is 6.46. The summed E-state index contributed by atoms with van der Waals surface area (Å²) < 4.78 is 11.0. The molecule has 0 aromatic heterocycles. The summed E-state index contributed by atoms with van der Waals surface area (Å²) in [6.07, 6.45) is 1.61. The number of hydrogen-bond acceptors (Lipinski definition) is 5. The summed E-state index contributed by atoms with van der Waals surface area (Å²) in [5.41, 5.74) is -0.493. The number of rotatable bonds is 3. The number of nitrogens with one attached hydrogen (secondary N) is 1. The molecule has 2 aliphatic rings. The summed E-state index contributed by atoms with van der Waals surface area (Å²) >= 11 is 0. The van der Waals surface area contributed by atoms with Crippen LogP contribution in [0, 0.1) is 0 Å². The van der Waals surface area contributed by atoms with Gasteiger partial charge in [-0.1, -0.05) is 0 Å². The number of carbonyl (C=O) groups is 2. The van der Waals surface area contributed by atoms with Crippen molar-refractivity contribution in [1.29, 1.82) is 0 Å². The predicted molar refractivity (Wildman–Crippen MR) is 90.8 cm³/mol. The number of likely N-dealkylation sites (tertiary alicyclic amines) is 1. The molecule has 0 spiro atoms. The van der Waals surface area contributed by atoms with Crippen molar-refractivity contribution in [1.82, 2.24) is 15.1 Å². The first-order chi connectivity index (χ1) is 11.3. The lowest BCUT2D eigenvalue weighted by Gasteiger charge is -2.38. The smallest absolute Gasteiger partial charge is 0.410 e. The fraction of sp³-hybridized carbons (Fsp3) is 0.882. The monoisotopic (exact) mass is 341 g/mol. The number of hydrogen-bond donors (Lipinski definition) is 1. The van der Waals surface area contributed by atoms with E-state index in [1.165, 1.54) is 0 Å². The quantitative estimate of drug-likeness (QED) is 0.836. The number of amides is 2. The molecule has 0 bridgehead atoms. The van der Waals surface area contributed by atoms with E-state index in [1.54, 1.807) is 11.8 Å². The van der Waals surface area contributed by atoms with Crippen LogP contribution in [0.25, 0.3) is 0 Å². The third-order valence-corrected chi connectivity index (χ3v) is 4.44. The molecule has 0 radical (unpaired) electrons. The van der Waals surface area contributed by atoms with Gasteiger partial charge in [-0.3, -0.25) is 9.69 Å². The van der Waals surface area contributed by atoms with E-state index in [-0.39, 0.29) is 18.0 Å². The van der Waals surface area contributed by atoms with Crippen LogP contribution in [0.2, 0.25) is 0 Å². The highest BCUT2D eigenvalue weighted by molar-refractivity contribution is 5.73. The molecule has 2 aliphatic heterocycles. The second kappa shape index (κ2) is 8.16. The maximum Gasteiger partial charge on any atom is 0.410 e. The van der Waals surface area contributed by atoms with Crippen molar-refractivity contribution in [2.75, 3.05) is 39.4 Å². The van der Waals surface area contributed by atoms with Gasteiger partial charge in [0, 0.05) is 39.1 Å². The van der Waals surface area contributed by atoms with Gasteiger partial charge in [0.15, 0.2) is 0 Å². The molecule has 2 amide bonds. The van der Waals surface area contributed by atoms with Gasteiger partial charge in [-0.25, -0.2) is 4.79 Å². The van der Waals surface area contributed by atoms with E-state index in [9.17, 15) is 9.59 Å². The summed E-state index contributed by atoms with van der Waals surface area (Å²) in [7, 11) is 0. The number of nitrogens with zero attached hydrogens (tertiary/aromatic N) is 2. The number of morpholine rings is 1. The first-order valence-electron chi connectivity index (χ1n) is 8.82. The number of piperidine rings is 1. The van der Waals surface area contributed by atoms with Crippen LogP contribution in [0.1, 0.15) is 40.5 Å². The maximum atomic E-state index is 12.4. The van der Waals surface area contributed by atoms with Crippen molar-refractivity contribution in [3.8, 4) is 0 Å². The Morgan fingerprint density at radius 2 is 1.88 bits per heavy atom. The van der Waals surface area contributed by atoms with Crippen molar-refractivity contribution in [2.45, 2.75) is 58.2 Å². The molecule has 0 aromatic carbocycles. The fourth-order valence-corrected chi connectivity index (χ4v) is 3.09. The second-order valence-corrected chi connectivity index (χ2v) is 7.59. The highest BCUT2D eigenvalue weighted by atomic mass is 16.6. The lowest BCUT2D eigenvalue weighted by Crippen LogP contribution is -2.55. The molecule has 1 N–H and O–H groups in total. The van der Waals surface area contributed by atoms with Crippen molar-refractivity contribution < 1.29 is 19.1 Å². The molecule has 0 aromatic rings. The van der Waals surface area contributed by atoms with E-state index in [0.717, 1.165) is 25.9 Å². The van der Waals surface area contributed by atoms with E-state index < -0.39 is 5.60 Å². The Morgan fingerprint density at radius 1 is 1.21 bits per heavy atom. The first-order valence-corrected chi connectivity index (χ1v) is 8.82. The van der Waals surface area contributed by atoms with Crippen molar-refractivity contribution >= 4 is 12.0 Å². The van der Waals surface area contributed by atoms with E-state index in [4.69, 9.17) is 9.47 Å². The third-order valence-electron chi connectivity index (χ3n) is 4.44. The highest BCUT2D eigenvalue weighted by Crippen LogP contribution is 2.15. The van der Waals surface area contributed by atoms with E-state index in [0.29, 0.717) is 32.3 Å². The second-order valence-electron chi connectivity index (χ2n) is 7.59. The number of carbonyl (C=O) groups excluding carboxylic acids is 2. The zero-order valence-corrected chi connectivity index (χ0v) is 15.3. The van der Waals surface area contributed by atoms with Crippen LogP contribution in [-0.4, -0.2) is 78.9 Å². The molecular formula is C17H31N3O4. The van der Waals surface area contributed by atoms with Crippen molar-refractivity contribution in [2.24, 2.45) is 0 Å². The molecule has 138 valence electrons. The zero-order chi connectivity index (χ0) is 17.7. The van der Waals surface area contributed by atoms with Crippen LogP contribution in [0.5, 0.6) is 0 Å². The molecule has 7 nitrogen and oxygen atoms in total. The molecule has 2 fully saturated rings. The Balaban J connectivity index is 1.81. The standard InChI is InChI=1S/C17H31N3O4/c1-13(21)19-7-5-14(6-8-19)18-11-15-12-23-10-9-20(15)16(22)24-17(2,3)4/h14-15,18H,5-12H2,1-4H3. The largest absolute Gasteiger partial charge is 0.444 e. The predicted octanol–water partition coefficient (Wildman–Crippen LogP) is 1.22. The van der Waals surface area contributed by atoms with Crippen LogP contribution >= 0.6 is 0 Å². The molecule has 2 rings (SSSR count). The molecule has 0 aliphatic carbocycles. The van der Waals surface area contributed by atoms with E-state index in [2.05, 4.69) is 5.32 Å². The third kappa shape index (κ3) is 5.63. The van der Waals surface area contributed by atoms with Gasteiger partial charge >= 0.3 is 6.09 Å². The van der Waals surface area contributed by atoms with Crippen LogP contribution in [0.15, 0.2) is 0 Å². The van der Waals surface area contributed by atoms with E-state index >= 15 is 0 Å². The summed E-state index contributed by atoms with van der Waals surface area (Å²) in [4.78, 5) is 27.4. The Bertz CT molecular complexity index is 442. The lowest BCUT2D eigenvalue weighted by molar-refractivity contribution is -0.129. The summed E-state index contributed by atoms with van der Waals surface area (Å²) in [6.45, 7) is 11.2. The zero-order valence-electron chi connectivity index (χ0n) is 15.3. The average Bonchev–Trinajstić information content (AvgIpc) is 2.52. The molecule has 1 unspecified atom stereocenters. The molecule has 1 atom stereocenters. The van der Waals surface area contributed by atoms with Gasteiger partial charge in [-0.2, -0.15) is 0 Å². The van der Waals surface area contributed by atoms with Gasteiger partial charge in [0.1, 0.15) is 5.60 Å². The molecule has 2 saturated heterocycles. The van der Waals surface area contributed by atoms with Gasteiger partial charge in [-0.05, 0) is 33.6 Å². The minimum absolute atomic E-state index is 0.0144. The molecule has 24 heavy (non-hydrogen) atoms. The summed E-state index contributed by atoms with van der Waals surface area (Å²) in [5.74, 6) is 0.144. The van der Waals surface area contributed by atoms with E-state index in [1.807, 2.05) is 25.7 Å². The Morgan fingerprint density at radius 3 is 2.46 bits per heavy atom. The van der Waals surface area contributed by atoms with Crippen LogP contribution in [0.3, 0.4) is 0 Å². The van der Waals surface area contributed by atoms with Crippen LogP contribution in [-0.2, 0) is 14.3 Å². The normalized spacial score (nSPS) is 23.2. The SMILES string of the molecule is CC(=O)N1CCC(NCC2COCCN2C(=O)OC(C)(C)C)CC1.